The quantitative estimate of drug-likeness (QED) is 0.570. The van der Waals surface area contributed by atoms with Crippen molar-refractivity contribution in [2.45, 2.75) is 12.6 Å². The molecule has 0 N–H and O–H groups in total. The summed E-state index contributed by atoms with van der Waals surface area (Å²) in [7, 11) is 1.58. The lowest BCUT2D eigenvalue weighted by Gasteiger charge is -2.27. The number of methoxy groups -OCH3 is 1. The molecular weight excluding hydrogens is 222 g/mol. The molecule has 0 spiro atoms. The summed E-state index contributed by atoms with van der Waals surface area (Å²) in [6, 6.07) is 5.46. The van der Waals surface area contributed by atoms with Gasteiger partial charge in [0, 0.05) is 0 Å². The van der Waals surface area contributed by atoms with E-state index >= 15 is 0 Å². The Morgan fingerprint density at radius 2 is 2.29 bits per heavy atom. The van der Waals surface area contributed by atoms with Gasteiger partial charge in [-0.3, -0.25) is 0 Å². The van der Waals surface area contributed by atoms with Crippen LogP contribution in [0.2, 0.25) is 0 Å². The number of benzene rings is 1. The molecule has 0 saturated carbocycles. The molecule has 5 heteroatoms. The van der Waals surface area contributed by atoms with Crippen molar-refractivity contribution in [1.29, 1.82) is 0 Å². The molecular formula is C12H13NO4. The molecule has 90 valence electrons. The number of rotatable bonds is 5. The molecule has 0 aliphatic carbocycles. The van der Waals surface area contributed by atoms with E-state index in [2.05, 4.69) is 4.99 Å². The van der Waals surface area contributed by atoms with Gasteiger partial charge in [-0.05, 0) is 17.7 Å². The number of nitrogens with zero attached hydrogens (tertiary/aromatic N) is 1. The molecule has 1 aromatic carbocycles. The predicted molar refractivity (Wildman–Crippen MR) is 60.1 cm³/mol. The van der Waals surface area contributed by atoms with E-state index in [1.54, 1.807) is 13.2 Å². The smallest absolute Gasteiger partial charge is 0.235 e. The molecule has 2 rings (SSSR count). The van der Waals surface area contributed by atoms with Crippen LogP contribution in [0.5, 0.6) is 11.5 Å². The topological polar surface area (TPSA) is 57.1 Å². The fourth-order valence-electron chi connectivity index (χ4n) is 1.49. The monoisotopic (exact) mass is 235 g/mol. The summed E-state index contributed by atoms with van der Waals surface area (Å²) in [5, 5.41) is 0. The molecule has 1 saturated heterocycles. The highest BCUT2D eigenvalue weighted by Gasteiger charge is 2.21. The van der Waals surface area contributed by atoms with Gasteiger partial charge in [0.05, 0.1) is 26.9 Å². The van der Waals surface area contributed by atoms with Crippen LogP contribution in [0.4, 0.5) is 0 Å². The van der Waals surface area contributed by atoms with E-state index in [0.717, 1.165) is 5.56 Å². The fraction of sp³-hybridized carbons (Fsp3) is 0.417. The zero-order chi connectivity index (χ0) is 12.1. The lowest BCUT2D eigenvalue weighted by molar-refractivity contribution is -0.0803. The van der Waals surface area contributed by atoms with Crippen LogP contribution in [-0.4, -0.2) is 32.5 Å². The summed E-state index contributed by atoms with van der Waals surface area (Å²) < 4.78 is 15.9. The van der Waals surface area contributed by atoms with Crippen LogP contribution in [0, 0.1) is 0 Å². The van der Waals surface area contributed by atoms with Crippen LogP contribution in [0.1, 0.15) is 5.56 Å². The minimum atomic E-state index is 0.0998. The molecule has 1 aliphatic heterocycles. The minimum absolute atomic E-state index is 0.0998. The van der Waals surface area contributed by atoms with Crippen LogP contribution < -0.4 is 9.47 Å². The largest absolute Gasteiger partial charge is 0.493 e. The minimum Gasteiger partial charge on any atom is -0.493 e. The van der Waals surface area contributed by atoms with Crippen molar-refractivity contribution >= 4 is 6.08 Å². The molecule has 0 bridgehead atoms. The Balaban J connectivity index is 2.12. The molecule has 1 aromatic rings. The highest BCUT2D eigenvalue weighted by molar-refractivity contribution is 5.43. The van der Waals surface area contributed by atoms with Crippen molar-refractivity contribution in [3.8, 4) is 11.5 Å². The molecule has 1 aliphatic rings. The van der Waals surface area contributed by atoms with Gasteiger partial charge >= 0.3 is 0 Å². The predicted octanol–water partition coefficient (Wildman–Crippen LogP) is 1.31. The van der Waals surface area contributed by atoms with Crippen molar-refractivity contribution in [3.63, 3.8) is 0 Å². The fourth-order valence-corrected chi connectivity index (χ4v) is 1.49. The third-order valence-corrected chi connectivity index (χ3v) is 2.46. The summed E-state index contributed by atoms with van der Waals surface area (Å²) >= 11 is 0. The normalized spacial score (nSPS) is 14.6. The van der Waals surface area contributed by atoms with E-state index in [0.29, 0.717) is 31.3 Å². The van der Waals surface area contributed by atoms with Gasteiger partial charge in [-0.1, -0.05) is 6.07 Å². The van der Waals surface area contributed by atoms with Gasteiger partial charge in [-0.2, -0.15) is 0 Å². The summed E-state index contributed by atoms with van der Waals surface area (Å²) in [4.78, 5) is 13.5. The van der Waals surface area contributed by atoms with E-state index in [-0.39, 0.29) is 6.10 Å². The van der Waals surface area contributed by atoms with Gasteiger partial charge in [-0.25, -0.2) is 9.79 Å². The van der Waals surface area contributed by atoms with Crippen LogP contribution in [0.25, 0.3) is 0 Å². The number of isocyanates is 1. The maximum Gasteiger partial charge on any atom is 0.235 e. The molecule has 0 atom stereocenters. The van der Waals surface area contributed by atoms with Gasteiger partial charge < -0.3 is 14.2 Å². The summed E-state index contributed by atoms with van der Waals surface area (Å²) in [6.45, 7) is 1.52. The lowest BCUT2D eigenvalue weighted by atomic mass is 10.2. The number of hydrogen-bond donors (Lipinski definition) is 0. The maximum atomic E-state index is 10.0. The molecule has 5 nitrogen and oxygen atoms in total. The van der Waals surface area contributed by atoms with Gasteiger partial charge in [0.1, 0.15) is 6.10 Å². The molecule has 1 heterocycles. The molecule has 0 aromatic heterocycles. The lowest BCUT2D eigenvalue weighted by Crippen LogP contribution is -2.38. The Morgan fingerprint density at radius 1 is 1.47 bits per heavy atom. The van der Waals surface area contributed by atoms with E-state index in [1.807, 2.05) is 12.1 Å². The van der Waals surface area contributed by atoms with Gasteiger partial charge in [0.25, 0.3) is 0 Å². The SMILES string of the molecule is COc1cc(CN=C=O)ccc1OC1COC1. The Hall–Kier alpha value is -1.84. The average Bonchev–Trinajstić information content (AvgIpc) is 2.31. The summed E-state index contributed by atoms with van der Waals surface area (Å²) in [5.74, 6) is 1.31. The second-order valence-corrected chi connectivity index (χ2v) is 3.67. The molecule has 0 amide bonds. The van der Waals surface area contributed by atoms with Crippen molar-refractivity contribution in [3.05, 3.63) is 23.8 Å². The Labute approximate surface area is 99.0 Å². The number of carbonyl (C=O) groups excluding carboxylic acids is 1. The maximum absolute atomic E-state index is 10.0. The molecule has 0 radical (unpaired) electrons. The first-order valence-electron chi connectivity index (χ1n) is 5.28. The Morgan fingerprint density at radius 3 is 2.88 bits per heavy atom. The highest BCUT2D eigenvalue weighted by atomic mass is 16.6. The first kappa shape index (κ1) is 11.6. The number of ether oxygens (including phenoxy) is 3. The first-order chi connectivity index (χ1) is 8.33. The van der Waals surface area contributed by atoms with E-state index < -0.39 is 0 Å². The van der Waals surface area contributed by atoms with Crippen molar-refractivity contribution < 1.29 is 19.0 Å². The van der Waals surface area contributed by atoms with Crippen molar-refractivity contribution in [1.82, 2.24) is 0 Å². The number of hydrogen-bond acceptors (Lipinski definition) is 5. The van der Waals surface area contributed by atoms with E-state index in [1.165, 1.54) is 6.08 Å². The second-order valence-electron chi connectivity index (χ2n) is 3.67. The van der Waals surface area contributed by atoms with Crippen molar-refractivity contribution in [2.75, 3.05) is 20.3 Å². The summed E-state index contributed by atoms with van der Waals surface area (Å²) in [5.41, 5.74) is 0.877. The molecule has 0 unspecified atom stereocenters. The third kappa shape index (κ3) is 2.84. The van der Waals surface area contributed by atoms with Crippen LogP contribution >= 0.6 is 0 Å². The number of aliphatic imine (C=N–C) groups is 1. The zero-order valence-corrected chi connectivity index (χ0v) is 9.51. The highest BCUT2D eigenvalue weighted by Crippen LogP contribution is 2.30. The molecule has 17 heavy (non-hydrogen) atoms. The van der Waals surface area contributed by atoms with E-state index in [4.69, 9.17) is 14.2 Å². The molecule has 1 fully saturated rings. The van der Waals surface area contributed by atoms with Crippen LogP contribution in [0.3, 0.4) is 0 Å². The average molecular weight is 235 g/mol. The van der Waals surface area contributed by atoms with E-state index in [9.17, 15) is 4.79 Å². The van der Waals surface area contributed by atoms with Gasteiger partial charge in [0.2, 0.25) is 6.08 Å². The summed E-state index contributed by atoms with van der Waals surface area (Å²) in [6.07, 6.45) is 1.60. The van der Waals surface area contributed by atoms with Gasteiger partial charge in [0.15, 0.2) is 11.5 Å². The Bertz CT molecular complexity index is 436. The third-order valence-electron chi connectivity index (χ3n) is 2.46. The van der Waals surface area contributed by atoms with Crippen molar-refractivity contribution in [2.24, 2.45) is 4.99 Å². The standard InChI is InChI=1S/C12H13NO4/c1-15-12-4-9(5-13-8-14)2-3-11(12)17-10-6-16-7-10/h2-4,10H,5-7H2,1H3. The first-order valence-corrected chi connectivity index (χ1v) is 5.28. The van der Waals surface area contributed by atoms with Gasteiger partial charge in [-0.15, -0.1) is 0 Å². The van der Waals surface area contributed by atoms with Crippen LogP contribution in [0.15, 0.2) is 23.2 Å². The Kier molecular flexibility index (Phi) is 3.75. The second kappa shape index (κ2) is 5.48. The van der Waals surface area contributed by atoms with Crippen LogP contribution in [-0.2, 0) is 16.1 Å². The zero-order valence-electron chi connectivity index (χ0n) is 9.51.